The third-order valence-corrected chi connectivity index (χ3v) is 5.19. The number of halogens is 1. The van der Waals surface area contributed by atoms with E-state index in [1.54, 1.807) is 6.07 Å². The van der Waals surface area contributed by atoms with E-state index in [2.05, 4.69) is 5.32 Å². The predicted molar refractivity (Wildman–Crippen MR) is 108 cm³/mol. The van der Waals surface area contributed by atoms with Crippen LogP contribution >= 0.6 is 0 Å². The number of nitrogens with one attached hydrogen (secondary N) is 1. The molecule has 0 radical (unpaired) electrons. The number of pyridine rings is 1. The van der Waals surface area contributed by atoms with Gasteiger partial charge in [0.1, 0.15) is 15.7 Å². The third-order valence-electron chi connectivity index (χ3n) is 4.24. The van der Waals surface area contributed by atoms with Gasteiger partial charge in [0.25, 0.3) is 0 Å². The summed E-state index contributed by atoms with van der Waals surface area (Å²) >= 11 is 0. The number of benzene rings is 2. The van der Waals surface area contributed by atoms with Gasteiger partial charge in [0, 0.05) is 30.2 Å². The summed E-state index contributed by atoms with van der Waals surface area (Å²) in [6, 6.07) is 14.1. The fourth-order valence-corrected chi connectivity index (χ4v) is 3.54. The first kappa shape index (κ1) is 19.3. The lowest BCUT2D eigenvalue weighted by Gasteiger charge is -2.19. The molecular formula is C20H22FN3O2S. The normalized spacial score (nSPS) is 11.7. The Hall–Kier alpha value is -2.51. The van der Waals surface area contributed by atoms with Gasteiger partial charge in [-0.25, -0.2) is 12.8 Å². The molecule has 3 N–H and O–H groups in total. The highest BCUT2D eigenvalue weighted by Gasteiger charge is 2.17. The number of fused-ring (bicyclic) bond motifs is 1. The van der Waals surface area contributed by atoms with Crippen LogP contribution in [0.3, 0.4) is 0 Å². The van der Waals surface area contributed by atoms with Gasteiger partial charge in [-0.15, -0.1) is 0 Å². The van der Waals surface area contributed by atoms with Crippen LogP contribution in [0.15, 0.2) is 48.5 Å². The summed E-state index contributed by atoms with van der Waals surface area (Å²) in [4.78, 5) is 4.69. The zero-order valence-corrected chi connectivity index (χ0v) is 15.9. The van der Waals surface area contributed by atoms with Crippen molar-refractivity contribution in [3.63, 3.8) is 0 Å². The van der Waals surface area contributed by atoms with E-state index >= 15 is 0 Å². The first-order valence-corrected chi connectivity index (χ1v) is 10.7. The maximum absolute atomic E-state index is 13.9. The minimum absolute atomic E-state index is 0.0212. The summed E-state index contributed by atoms with van der Waals surface area (Å²) in [5, 5.41) is 3.82. The number of sulfone groups is 1. The van der Waals surface area contributed by atoms with Crippen molar-refractivity contribution in [3.05, 3.63) is 60.0 Å². The Labute approximate surface area is 158 Å². The molecule has 0 saturated carbocycles. The molecule has 2 aromatic carbocycles. The second-order valence-electron chi connectivity index (χ2n) is 6.43. The molecule has 5 nitrogen and oxygen atoms in total. The number of nitrogens with zero attached hydrogens (tertiary/aromatic N) is 1. The zero-order chi connectivity index (χ0) is 19.4. The minimum Gasteiger partial charge on any atom is -0.383 e. The largest absolute Gasteiger partial charge is 0.383 e. The molecule has 3 aromatic rings. The van der Waals surface area contributed by atoms with Gasteiger partial charge in [-0.2, -0.15) is 0 Å². The van der Waals surface area contributed by atoms with Crippen LogP contribution in [0.25, 0.3) is 22.0 Å². The number of rotatable bonds is 7. The van der Waals surface area contributed by atoms with Crippen LogP contribution in [0, 0.1) is 5.82 Å². The molecule has 27 heavy (non-hydrogen) atoms. The Kier molecular flexibility index (Phi) is 5.72. The SMILES string of the molecule is CS(=O)(=O)CCNc1c(-c2ccccc2)c(CCN)nc2ccc(F)cc12. The van der Waals surface area contributed by atoms with E-state index in [0.717, 1.165) is 16.8 Å². The van der Waals surface area contributed by atoms with Crippen LogP contribution < -0.4 is 11.1 Å². The van der Waals surface area contributed by atoms with Crippen LogP contribution in [0.1, 0.15) is 5.69 Å². The lowest BCUT2D eigenvalue weighted by Crippen LogP contribution is -2.16. The van der Waals surface area contributed by atoms with Crippen molar-refractivity contribution in [1.29, 1.82) is 0 Å². The van der Waals surface area contributed by atoms with Gasteiger partial charge in [-0.05, 0) is 30.3 Å². The fourth-order valence-electron chi connectivity index (χ4n) is 3.06. The molecule has 0 amide bonds. The molecule has 0 fully saturated rings. The first-order chi connectivity index (χ1) is 12.9. The zero-order valence-electron chi connectivity index (χ0n) is 15.1. The van der Waals surface area contributed by atoms with Crippen molar-refractivity contribution in [2.45, 2.75) is 6.42 Å². The molecule has 0 unspecified atom stereocenters. The summed E-state index contributed by atoms with van der Waals surface area (Å²) in [6.07, 6.45) is 1.75. The van der Waals surface area contributed by atoms with Crippen LogP contribution in [-0.4, -0.2) is 38.5 Å². The Balaban J connectivity index is 2.23. The standard InChI is InChI=1S/C20H22FN3O2S/c1-27(25,26)12-11-23-20-16-13-15(21)7-8-17(16)24-18(9-10-22)19(20)14-5-3-2-4-6-14/h2-8,13H,9-12,22H2,1H3,(H,23,24). The fraction of sp³-hybridized carbons (Fsp3) is 0.250. The lowest BCUT2D eigenvalue weighted by atomic mass is 9.97. The van der Waals surface area contributed by atoms with E-state index in [-0.39, 0.29) is 18.1 Å². The Morgan fingerprint density at radius 2 is 1.89 bits per heavy atom. The van der Waals surface area contributed by atoms with E-state index in [0.29, 0.717) is 29.6 Å². The first-order valence-electron chi connectivity index (χ1n) is 8.68. The van der Waals surface area contributed by atoms with Gasteiger partial charge in [-0.1, -0.05) is 30.3 Å². The summed E-state index contributed by atoms with van der Waals surface area (Å²) in [7, 11) is -3.13. The molecular weight excluding hydrogens is 365 g/mol. The Morgan fingerprint density at radius 1 is 1.15 bits per heavy atom. The average molecular weight is 387 g/mol. The summed E-state index contributed by atoms with van der Waals surface area (Å²) < 4.78 is 37.0. The van der Waals surface area contributed by atoms with Gasteiger partial charge in [-0.3, -0.25) is 4.98 Å². The van der Waals surface area contributed by atoms with Gasteiger partial charge < -0.3 is 11.1 Å². The van der Waals surface area contributed by atoms with E-state index < -0.39 is 9.84 Å². The smallest absolute Gasteiger partial charge is 0.149 e. The molecule has 0 aliphatic heterocycles. The summed E-state index contributed by atoms with van der Waals surface area (Å²) in [5.74, 6) is -0.395. The van der Waals surface area contributed by atoms with Crippen LogP contribution in [0.4, 0.5) is 10.1 Å². The van der Waals surface area contributed by atoms with Gasteiger partial charge >= 0.3 is 0 Å². The highest BCUT2D eigenvalue weighted by Crippen LogP contribution is 2.37. The molecule has 0 spiro atoms. The molecule has 142 valence electrons. The maximum atomic E-state index is 13.9. The van der Waals surface area contributed by atoms with E-state index in [9.17, 15) is 12.8 Å². The predicted octanol–water partition coefficient (Wildman–Crippen LogP) is 3.00. The van der Waals surface area contributed by atoms with Crippen molar-refractivity contribution in [1.82, 2.24) is 4.98 Å². The summed E-state index contributed by atoms with van der Waals surface area (Å²) in [6.45, 7) is 0.638. The van der Waals surface area contributed by atoms with Crippen LogP contribution in [0.5, 0.6) is 0 Å². The van der Waals surface area contributed by atoms with Crippen molar-refractivity contribution in [2.75, 3.05) is 30.4 Å². The molecule has 3 rings (SSSR count). The molecule has 0 aliphatic carbocycles. The Morgan fingerprint density at radius 3 is 2.56 bits per heavy atom. The summed E-state index contributed by atoms with van der Waals surface area (Å²) in [5.41, 5.74) is 9.64. The molecule has 0 bridgehead atoms. The highest BCUT2D eigenvalue weighted by molar-refractivity contribution is 7.90. The second kappa shape index (κ2) is 8.02. The molecule has 1 aromatic heterocycles. The van der Waals surface area contributed by atoms with Crippen LogP contribution in [-0.2, 0) is 16.3 Å². The number of aromatic nitrogens is 1. The third kappa shape index (κ3) is 4.61. The van der Waals surface area contributed by atoms with E-state index in [1.807, 2.05) is 30.3 Å². The second-order valence-corrected chi connectivity index (χ2v) is 8.69. The maximum Gasteiger partial charge on any atom is 0.149 e. The quantitative estimate of drug-likeness (QED) is 0.651. The van der Waals surface area contributed by atoms with Crippen molar-refractivity contribution < 1.29 is 12.8 Å². The van der Waals surface area contributed by atoms with E-state index in [4.69, 9.17) is 10.7 Å². The number of nitrogens with two attached hydrogens (primary N) is 1. The van der Waals surface area contributed by atoms with Crippen molar-refractivity contribution >= 4 is 26.4 Å². The molecule has 0 aliphatic rings. The molecule has 7 heteroatoms. The van der Waals surface area contributed by atoms with Gasteiger partial charge in [0.05, 0.1) is 22.7 Å². The van der Waals surface area contributed by atoms with Gasteiger partial charge in [0.2, 0.25) is 0 Å². The number of hydrogen-bond donors (Lipinski definition) is 2. The van der Waals surface area contributed by atoms with Gasteiger partial charge in [0.15, 0.2) is 0 Å². The lowest BCUT2D eigenvalue weighted by molar-refractivity contribution is 0.602. The van der Waals surface area contributed by atoms with Crippen molar-refractivity contribution in [3.8, 4) is 11.1 Å². The average Bonchev–Trinajstić information content (AvgIpc) is 2.62. The van der Waals surface area contributed by atoms with E-state index in [1.165, 1.54) is 18.4 Å². The molecule has 0 atom stereocenters. The highest BCUT2D eigenvalue weighted by atomic mass is 32.2. The minimum atomic E-state index is -3.13. The van der Waals surface area contributed by atoms with Crippen LogP contribution in [0.2, 0.25) is 0 Å². The topological polar surface area (TPSA) is 85.1 Å². The van der Waals surface area contributed by atoms with Crippen molar-refractivity contribution in [2.24, 2.45) is 5.73 Å². The number of hydrogen-bond acceptors (Lipinski definition) is 5. The monoisotopic (exact) mass is 387 g/mol. The molecule has 1 heterocycles. The number of anilines is 1. The molecule has 0 saturated heterocycles. The Bertz CT molecular complexity index is 1050.